The maximum atomic E-state index is 12.0. The molecule has 0 aliphatic carbocycles. The van der Waals surface area contributed by atoms with Crippen LogP contribution in [-0.2, 0) is 9.47 Å². The van der Waals surface area contributed by atoms with Gasteiger partial charge in [-0.2, -0.15) is 4.68 Å². The van der Waals surface area contributed by atoms with E-state index in [2.05, 4.69) is 5.10 Å². The third-order valence-electron chi connectivity index (χ3n) is 2.56. The molecular formula is C13H18N4O4. The third kappa shape index (κ3) is 2.99. The molecule has 0 fully saturated rings. The summed E-state index contributed by atoms with van der Waals surface area (Å²) in [6, 6.07) is 0. The van der Waals surface area contributed by atoms with Crippen LogP contribution in [0.3, 0.4) is 0 Å². The van der Waals surface area contributed by atoms with E-state index in [1.54, 1.807) is 27.7 Å². The van der Waals surface area contributed by atoms with Crippen LogP contribution in [0.1, 0.15) is 27.7 Å². The molecule has 21 heavy (non-hydrogen) atoms. The van der Waals surface area contributed by atoms with Gasteiger partial charge in [-0.05, 0) is 27.7 Å². The minimum absolute atomic E-state index is 0.139. The summed E-state index contributed by atoms with van der Waals surface area (Å²) in [5, 5.41) is 4.38. The van der Waals surface area contributed by atoms with E-state index in [1.165, 1.54) is 17.0 Å². The molecule has 0 amide bonds. The van der Waals surface area contributed by atoms with Crippen molar-refractivity contribution in [3.05, 3.63) is 12.4 Å². The van der Waals surface area contributed by atoms with Crippen LogP contribution >= 0.6 is 0 Å². The molecule has 0 atom stereocenters. The second-order valence-corrected chi connectivity index (χ2v) is 5.44. The van der Waals surface area contributed by atoms with Crippen molar-refractivity contribution in [3.63, 3.8) is 0 Å². The van der Waals surface area contributed by atoms with Crippen molar-refractivity contribution in [2.75, 3.05) is 12.3 Å². The zero-order valence-electron chi connectivity index (χ0n) is 12.4. The number of nitrogens with zero attached hydrogens (tertiary/aromatic N) is 3. The quantitative estimate of drug-likeness (QED) is 0.865. The number of nitrogens with two attached hydrogens (primary N) is 1. The van der Waals surface area contributed by atoms with Gasteiger partial charge in [0, 0.05) is 12.4 Å². The Morgan fingerprint density at radius 1 is 1.29 bits per heavy atom. The fourth-order valence-electron chi connectivity index (χ4n) is 1.77. The van der Waals surface area contributed by atoms with Gasteiger partial charge in [0.2, 0.25) is 0 Å². The first-order valence-electron chi connectivity index (χ1n) is 6.49. The fourth-order valence-corrected chi connectivity index (χ4v) is 1.77. The molecule has 0 aliphatic heterocycles. The van der Waals surface area contributed by atoms with E-state index in [9.17, 15) is 9.59 Å². The maximum absolute atomic E-state index is 12.0. The van der Waals surface area contributed by atoms with Gasteiger partial charge in [-0.25, -0.2) is 9.59 Å². The molecule has 0 saturated heterocycles. The molecule has 0 saturated carbocycles. The average Bonchev–Trinajstić information content (AvgIpc) is 2.88. The molecule has 0 radical (unpaired) electrons. The molecule has 0 unspecified atom stereocenters. The van der Waals surface area contributed by atoms with Crippen LogP contribution in [0.25, 0.3) is 10.9 Å². The molecule has 2 aromatic heterocycles. The number of ether oxygens (including phenoxy) is 2. The zero-order chi connectivity index (χ0) is 15.8. The van der Waals surface area contributed by atoms with E-state index >= 15 is 0 Å². The molecule has 0 aliphatic rings. The van der Waals surface area contributed by atoms with Crippen LogP contribution in [0.5, 0.6) is 0 Å². The molecule has 0 bridgehead atoms. The highest BCUT2D eigenvalue weighted by molar-refractivity contribution is 5.96. The number of carbonyl (C=O) groups is 2. The molecule has 2 aromatic rings. The number of anilines is 1. The van der Waals surface area contributed by atoms with Gasteiger partial charge < -0.3 is 15.2 Å². The van der Waals surface area contributed by atoms with Gasteiger partial charge >= 0.3 is 12.2 Å². The molecule has 8 heteroatoms. The van der Waals surface area contributed by atoms with Crippen molar-refractivity contribution in [2.45, 2.75) is 33.3 Å². The maximum Gasteiger partial charge on any atom is 0.435 e. The molecule has 0 spiro atoms. The largest absolute Gasteiger partial charge is 0.448 e. The molecule has 2 rings (SSSR count). The van der Waals surface area contributed by atoms with Gasteiger partial charge in [-0.15, -0.1) is 5.10 Å². The highest BCUT2D eigenvalue weighted by Crippen LogP contribution is 2.22. The van der Waals surface area contributed by atoms with Crippen LogP contribution < -0.4 is 5.73 Å². The molecule has 2 heterocycles. The molecule has 8 nitrogen and oxygen atoms in total. The summed E-state index contributed by atoms with van der Waals surface area (Å²) >= 11 is 0. The van der Waals surface area contributed by atoms with Gasteiger partial charge in [-0.3, -0.25) is 4.57 Å². The summed E-state index contributed by atoms with van der Waals surface area (Å²) in [7, 11) is 0. The lowest BCUT2D eigenvalue weighted by Gasteiger charge is -2.19. The summed E-state index contributed by atoms with van der Waals surface area (Å²) in [5.41, 5.74) is 5.51. The topological polar surface area (TPSA) is 101 Å². The summed E-state index contributed by atoms with van der Waals surface area (Å²) in [6.07, 6.45) is 1.69. The van der Waals surface area contributed by atoms with Gasteiger partial charge in [0.25, 0.3) is 0 Å². The first-order valence-corrected chi connectivity index (χ1v) is 6.49. The number of hydrogen-bond acceptors (Lipinski definition) is 6. The second-order valence-electron chi connectivity index (χ2n) is 5.44. The monoisotopic (exact) mass is 294 g/mol. The Labute approximate surface area is 121 Å². The smallest absolute Gasteiger partial charge is 0.435 e. The van der Waals surface area contributed by atoms with E-state index in [4.69, 9.17) is 15.2 Å². The fraction of sp³-hybridized carbons (Fsp3) is 0.462. The first-order chi connectivity index (χ1) is 9.73. The lowest BCUT2D eigenvalue weighted by molar-refractivity contribution is 0.0537. The Hall–Kier alpha value is -2.51. The summed E-state index contributed by atoms with van der Waals surface area (Å²) < 4.78 is 12.4. The Kier molecular flexibility index (Phi) is 3.63. The Morgan fingerprint density at radius 2 is 1.95 bits per heavy atom. The molecule has 2 N–H and O–H groups in total. The summed E-state index contributed by atoms with van der Waals surface area (Å²) in [6.45, 7) is 7.20. The minimum atomic E-state index is -0.652. The SMILES string of the molecule is CCOC(=O)n1nc(N)c2cn(C(=O)OC(C)(C)C)cc21. The first kappa shape index (κ1) is 14.9. The average molecular weight is 294 g/mol. The van der Waals surface area contributed by atoms with E-state index in [-0.39, 0.29) is 12.4 Å². The van der Waals surface area contributed by atoms with Crippen LogP contribution in [-0.4, -0.2) is 38.7 Å². The van der Waals surface area contributed by atoms with Crippen molar-refractivity contribution in [2.24, 2.45) is 0 Å². The summed E-state index contributed by atoms with van der Waals surface area (Å²) in [4.78, 5) is 23.8. The number of hydrogen-bond donors (Lipinski definition) is 1. The van der Waals surface area contributed by atoms with Crippen molar-refractivity contribution in [1.29, 1.82) is 0 Å². The van der Waals surface area contributed by atoms with Crippen LogP contribution in [0.4, 0.5) is 15.4 Å². The standard InChI is InChI=1S/C13H18N4O4/c1-5-20-12(19)17-9-7-16(6-8(9)10(14)15-17)11(18)21-13(2,3)4/h6-7H,5H2,1-4H3,(H2,14,15). The number of carbonyl (C=O) groups excluding carboxylic acids is 2. The Bertz CT molecular complexity index is 693. The Balaban J connectivity index is 2.40. The van der Waals surface area contributed by atoms with Crippen molar-refractivity contribution in [1.82, 2.24) is 14.3 Å². The van der Waals surface area contributed by atoms with E-state index in [0.717, 1.165) is 4.68 Å². The van der Waals surface area contributed by atoms with E-state index < -0.39 is 17.8 Å². The van der Waals surface area contributed by atoms with Crippen LogP contribution in [0.2, 0.25) is 0 Å². The number of rotatable bonds is 1. The van der Waals surface area contributed by atoms with E-state index in [0.29, 0.717) is 10.9 Å². The third-order valence-corrected chi connectivity index (χ3v) is 2.56. The molecular weight excluding hydrogens is 276 g/mol. The van der Waals surface area contributed by atoms with Crippen molar-refractivity contribution < 1.29 is 19.1 Å². The van der Waals surface area contributed by atoms with Gasteiger partial charge in [0.05, 0.1) is 12.0 Å². The highest BCUT2D eigenvalue weighted by Gasteiger charge is 2.22. The predicted octanol–water partition coefficient (Wildman–Crippen LogP) is 2.21. The van der Waals surface area contributed by atoms with E-state index in [1.807, 2.05) is 0 Å². The molecule has 0 aromatic carbocycles. The van der Waals surface area contributed by atoms with Crippen LogP contribution in [0, 0.1) is 0 Å². The highest BCUT2D eigenvalue weighted by atomic mass is 16.6. The normalized spacial score (nSPS) is 11.6. The van der Waals surface area contributed by atoms with Crippen molar-refractivity contribution in [3.8, 4) is 0 Å². The zero-order valence-corrected chi connectivity index (χ0v) is 12.4. The number of nitrogen functional groups attached to an aromatic ring is 1. The van der Waals surface area contributed by atoms with Crippen molar-refractivity contribution >= 4 is 28.9 Å². The summed E-state index contributed by atoms with van der Waals surface area (Å²) in [5.74, 6) is 0.139. The van der Waals surface area contributed by atoms with Crippen LogP contribution in [0.15, 0.2) is 12.4 Å². The Morgan fingerprint density at radius 3 is 2.52 bits per heavy atom. The number of aromatic nitrogens is 3. The molecule has 114 valence electrons. The number of fused-ring (bicyclic) bond motifs is 1. The second kappa shape index (κ2) is 5.12. The predicted molar refractivity (Wildman–Crippen MR) is 76.2 cm³/mol. The van der Waals surface area contributed by atoms with Gasteiger partial charge in [0.1, 0.15) is 11.1 Å². The minimum Gasteiger partial charge on any atom is -0.448 e. The van der Waals surface area contributed by atoms with Gasteiger partial charge in [0.15, 0.2) is 5.82 Å². The lowest BCUT2D eigenvalue weighted by atomic mass is 10.2. The lowest BCUT2D eigenvalue weighted by Crippen LogP contribution is -2.26. The van der Waals surface area contributed by atoms with Gasteiger partial charge in [-0.1, -0.05) is 0 Å².